The van der Waals surface area contributed by atoms with Crippen molar-refractivity contribution in [3.8, 4) is 0 Å². The molecule has 2 aliphatic rings. The molecule has 1 saturated carbocycles. The van der Waals surface area contributed by atoms with Gasteiger partial charge < -0.3 is 5.11 Å². The van der Waals surface area contributed by atoms with Crippen LogP contribution in [0.1, 0.15) is 44.1 Å². The second-order valence-electron chi connectivity index (χ2n) is 6.50. The molecule has 1 heterocycles. The topological polar surface area (TPSA) is 23.5 Å². The predicted molar refractivity (Wildman–Crippen MR) is 82.7 cm³/mol. The van der Waals surface area contributed by atoms with Gasteiger partial charge in [0, 0.05) is 18.5 Å². The lowest BCUT2D eigenvalue weighted by Crippen LogP contribution is -2.43. The summed E-state index contributed by atoms with van der Waals surface area (Å²) in [5.41, 5.74) is 1.43. The molecule has 0 bridgehead atoms. The summed E-state index contributed by atoms with van der Waals surface area (Å²) in [5, 5.41) is 10.3. The first-order valence-corrected chi connectivity index (χ1v) is 8.30. The zero-order chi connectivity index (χ0) is 13.8. The van der Waals surface area contributed by atoms with Gasteiger partial charge >= 0.3 is 0 Å². The van der Waals surface area contributed by atoms with Crippen LogP contribution in [0.25, 0.3) is 0 Å². The van der Waals surface area contributed by atoms with Gasteiger partial charge in [-0.25, -0.2) is 0 Å². The van der Waals surface area contributed by atoms with E-state index >= 15 is 0 Å². The van der Waals surface area contributed by atoms with E-state index in [4.69, 9.17) is 0 Å². The minimum Gasteiger partial charge on any atom is -0.393 e. The molecule has 2 heteroatoms. The number of benzene rings is 1. The van der Waals surface area contributed by atoms with Crippen LogP contribution in [0.3, 0.4) is 0 Å². The Bertz CT molecular complexity index is 405. The third kappa shape index (κ3) is 3.24. The van der Waals surface area contributed by atoms with Gasteiger partial charge in [-0.1, -0.05) is 43.2 Å². The number of likely N-dealkylation sites (tertiary alicyclic amines) is 1. The van der Waals surface area contributed by atoms with Gasteiger partial charge in [-0.2, -0.15) is 0 Å². The van der Waals surface area contributed by atoms with Crippen LogP contribution >= 0.6 is 0 Å². The zero-order valence-electron chi connectivity index (χ0n) is 12.4. The lowest BCUT2D eigenvalue weighted by atomic mass is 9.80. The van der Waals surface area contributed by atoms with Crippen LogP contribution in [0, 0.1) is 5.92 Å². The number of aliphatic hydroxyl groups is 1. The lowest BCUT2D eigenvalue weighted by Gasteiger charge is -2.37. The Kier molecular flexibility index (Phi) is 4.74. The standard InChI is InChI=1S/C18H27NO/c20-18-11-5-4-9-16(18)17-10-6-13-19(17)14-12-15-7-2-1-3-8-15/h1-3,7-8,16-18,20H,4-6,9-14H2. The summed E-state index contributed by atoms with van der Waals surface area (Å²) < 4.78 is 0. The molecule has 0 radical (unpaired) electrons. The monoisotopic (exact) mass is 273 g/mol. The molecule has 20 heavy (non-hydrogen) atoms. The largest absolute Gasteiger partial charge is 0.393 e. The van der Waals surface area contributed by atoms with Crippen molar-refractivity contribution in [2.45, 2.75) is 57.1 Å². The van der Waals surface area contributed by atoms with Gasteiger partial charge in [0.05, 0.1) is 6.10 Å². The van der Waals surface area contributed by atoms with Crippen molar-refractivity contribution < 1.29 is 5.11 Å². The molecule has 1 N–H and O–H groups in total. The highest BCUT2D eigenvalue weighted by atomic mass is 16.3. The molecule has 0 spiro atoms. The minimum absolute atomic E-state index is 0.0499. The fraction of sp³-hybridized carbons (Fsp3) is 0.667. The molecule has 3 unspecified atom stereocenters. The van der Waals surface area contributed by atoms with Crippen LogP contribution in [0.15, 0.2) is 30.3 Å². The van der Waals surface area contributed by atoms with E-state index in [0.717, 1.165) is 19.4 Å². The first-order valence-electron chi connectivity index (χ1n) is 8.30. The molecule has 1 aromatic carbocycles. The molecule has 1 aliphatic carbocycles. The van der Waals surface area contributed by atoms with Crippen molar-refractivity contribution in [3.63, 3.8) is 0 Å². The van der Waals surface area contributed by atoms with Crippen LogP contribution in [0.5, 0.6) is 0 Å². The Balaban J connectivity index is 1.58. The second kappa shape index (κ2) is 6.73. The Labute approximate surface area is 122 Å². The number of aliphatic hydroxyl groups excluding tert-OH is 1. The fourth-order valence-corrected chi connectivity index (χ4v) is 4.12. The van der Waals surface area contributed by atoms with Gasteiger partial charge in [-0.15, -0.1) is 0 Å². The maximum absolute atomic E-state index is 10.3. The SMILES string of the molecule is OC1CCCCC1C1CCCN1CCc1ccccc1. The third-order valence-electron chi connectivity index (χ3n) is 5.22. The van der Waals surface area contributed by atoms with Crippen LogP contribution < -0.4 is 0 Å². The molecule has 0 aromatic heterocycles. The highest BCUT2D eigenvalue weighted by molar-refractivity contribution is 5.15. The van der Waals surface area contributed by atoms with E-state index in [1.54, 1.807) is 0 Å². The summed E-state index contributed by atoms with van der Waals surface area (Å²) in [6.45, 7) is 2.37. The molecular formula is C18H27NO. The Morgan fingerprint density at radius 3 is 2.60 bits per heavy atom. The first kappa shape index (κ1) is 14.1. The van der Waals surface area contributed by atoms with E-state index in [-0.39, 0.29) is 6.10 Å². The second-order valence-corrected chi connectivity index (χ2v) is 6.50. The van der Waals surface area contributed by atoms with Gasteiger partial charge in [0.2, 0.25) is 0 Å². The van der Waals surface area contributed by atoms with Crippen molar-refractivity contribution in [3.05, 3.63) is 35.9 Å². The number of rotatable bonds is 4. The molecule has 3 atom stereocenters. The van der Waals surface area contributed by atoms with Crippen LogP contribution in [0.4, 0.5) is 0 Å². The number of hydrogen-bond acceptors (Lipinski definition) is 2. The van der Waals surface area contributed by atoms with Crippen molar-refractivity contribution in [2.75, 3.05) is 13.1 Å². The van der Waals surface area contributed by atoms with E-state index < -0.39 is 0 Å². The van der Waals surface area contributed by atoms with Crippen molar-refractivity contribution in [1.29, 1.82) is 0 Å². The molecule has 2 fully saturated rings. The van der Waals surface area contributed by atoms with E-state index in [1.807, 2.05) is 0 Å². The summed E-state index contributed by atoms with van der Waals surface area (Å²) in [6.07, 6.45) is 8.46. The van der Waals surface area contributed by atoms with Crippen LogP contribution in [-0.2, 0) is 6.42 Å². The highest BCUT2D eigenvalue weighted by Crippen LogP contribution is 2.34. The van der Waals surface area contributed by atoms with Crippen LogP contribution in [0.2, 0.25) is 0 Å². The van der Waals surface area contributed by atoms with Gasteiger partial charge in [0.25, 0.3) is 0 Å². The third-order valence-corrected chi connectivity index (χ3v) is 5.22. The molecule has 1 saturated heterocycles. The van der Waals surface area contributed by atoms with E-state index in [0.29, 0.717) is 12.0 Å². The lowest BCUT2D eigenvalue weighted by molar-refractivity contribution is 0.0225. The molecule has 110 valence electrons. The molecule has 0 amide bonds. The molecule has 3 rings (SSSR count). The van der Waals surface area contributed by atoms with Gasteiger partial charge in [-0.05, 0) is 44.2 Å². The average molecular weight is 273 g/mol. The Morgan fingerprint density at radius 2 is 1.80 bits per heavy atom. The number of nitrogens with zero attached hydrogens (tertiary/aromatic N) is 1. The summed E-state index contributed by atoms with van der Waals surface area (Å²) >= 11 is 0. The zero-order valence-corrected chi connectivity index (χ0v) is 12.4. The molecule has 1 aliphatic heterocycles. The van der Waals surface area contributed by atoms with Gasteiger partial charge in [-0.3, -0.25) is 4.90 Å². The summed E-state index contributed by atoms with van der Waals surface area (Å²) in [6, 6.07) is 11.4. The summed E-state index contributed by atoms with van der Waals surface area (Å²) in [4.78, 5) is 2.65. The van der Waals surface area contributed by atoms with E-state index in [9.17, 15) is 5.11 Å². The van der Waals surface area contributed by atoms with E-state index in [1.165, 1.54) is 44.2 Å². The maximum Gasteiger partial charge on any atom is 0.0583 e. The summed E-state index contributed by atoms with van der Waals surface area (Å²) in [5.74, 6) is 0.530. The minimum atomic E-state index is -0.0499. The highest BCUT2D eigenvalue weighted by Gasteiger charge is 2.36. The Hall–Kier alpha value is -0.860. The first-order chi connectivity index (χ1) is 9.84. The Morgan fingerprint density at radius 1 is 1.00 bits per heavy atom. The molecule has 1 aromatic rings. The quantitative estimate of drug-likeness (QED) is 0.910. The predicted octanol–water partition coefficient (Wildman–Crippen LogP) is 3.24. The van der Waals surface area contributed by atoms with Crippen molar-refractivity contribution >= 4 is 0 Å². The smallest absolute Gasteiger partial charge is 0.0583 e. The number of hydrogen-bond donors (Lipinski definition) is 1. The fourth-order valence-electron chi connectivity index (χ4n) is 4.12. The maximum atomic E-state index is 10.3. The molecular weight excluding hydrogens is 246 g/mol. The van der Waals surface area contributed by atoms with Gasteiger partial charge in [0.15, 0.2) is 0 Å². The van der Waals surface area contributed by atoms with Crippen LogP contribution in [-0.4, -0.2) is 35.2 Å². The van der Waals surface area contributed by atoms with E-state index in [2.05, 4.69) is 35.2 Å². The average Bonchev–Trinajstić information content (AvgIpc) is 2.95. The molecule has 2 nitrogen and oxygen atoms in total. The van der Waals surface area contributed by atoms with Crippen molar-refractivity contribution in [2.24, 2.45) is 5.92 Å². The van der Waals surface area contributed by atoms with Crippen molar-refractivity contribution in [1.82, 2.24) is 4.90 Å². The van der Waals surface area contributed by atoms with Gasteiger partial charge in [0.1, 0.15) is 0 Å². The normalized spacial score (nSPS) is 31.6. The summed E-state index contributed by atoms with van der Waals surface area (Å²) in [7, 11) is 0.